The van der Waals surface area contributed by atoms with Gasteiger partial charge >= 0.3 is 11.9 Å². The van der Waals surface area contributed by atoms with Crippen molar-refractivity contribution in [1.82, 2.24) is 0 Å². The van der Waals surface area contributed by atoms with Gasteiger partial charge in [0, 0.05) is 6.92 Å². The van der Waals surface area contributed by atoms with Gasteiger partial charge in [-0.2, -0.15) is 8.42 Å². The minimum atomic E-state index is -2.57. The van der Waals surface area contributed by atoms with E-state index in [1.165, 1.54) is 14.0 Å². The van der Waals surface area contributed by atoms with Crippen molar-refractivity contribution in [1.29, 1.82) is 0 Å². The minimum absolute atomic E-state index is 0.167. The fourth-order valence-corrected chi connectivity index (χ4v) is 0.247. The molecule has 0 atom stereocenters. The molecule has 0 fully saturated rings. The monoisotopic (exact) mass is 196 g/mol. The Balaban J connectivity index is 0. The normalized spacial score (nSPS) is 7.17. The third-order valence-electron chi connectivity index (χ3n) is 0.484. The largest absolute Gasteiger partial charge is 0.477 e. The van der Waals surface area contributed by atoms with E-state index in [0.29, 0.717) is 0 Å². The number of ether oxygens (including phenoxy) is 1. The van der Waals surface area contributed by atoms with Crippen molar-refractivity contribution in [3.05, 3.63) is 0 Å². The minimum Gasteiger partial charge on any atom is -0.477 e. The first-order valence-corrected chi connectivity index (χ1v) is 3.74. The summed E-state index contributed by atoms with van der Waals surface area (Å²) in [5, 5.41) is 7.80. The van der Waals surface area contributed by atoms with Gasteiger partial charge in [-0.3, -0.25) is 4.79 Å². The molecule has 0 aromatic carbocycles. The first-order valence-electron chi connectivity index (χ1n) is 2.60. The maximum absolute atomic E-state index is 9.59. The van der Waals surface area contributed by atoms with E-state index in [4.69, 9.17) is 5.11 Å². The van der Waals surface area contributed by atoms with Crippen LogP contribution in [0.15, 0.2) is 0 Å². The second-order valence-corrected chi connectivity index (χ2v) is 2.17. The van der Waals surface area contributed by atoms with E-state index in [-0.39, 0.29) is 11.3 Å². The van der Waals surface area contributed by atoms with Gasteiger partial charge in [0.25, 0.3) is 0 Å². The number of carboxylic acid groups (broad SMARTS) is 1. The molecule has 0 saturated heterocycles. The molecular formula is C5H8O6S. The van der Waals surface area contributed by atoms with E-state index < -0.39 is 16.3 Å². The molecule has 0 bridgehead atoms. The van der Waals surface area contributed by atoms with Crippen LogP contribution in [0.3, 0.4) is 0 Å². The number of carbonyl (C=O) groups excluding carboxylic acids is 1. The van der Waals surface area contributed by atoms with Crippen LogP contribution in [0.2, 0.25) is 0 Å². The van der Waals surface area contributed by atoms with Crippen molar-refractivity contribution >= 4 is 27.6 Å². The molecule has 0 spiro atoms. The number of methoxy groups -OCH3 is 1. The van der Waals surface area contributed by atoms with Gasteiger partial charge in [-0.1, -0.05) is 0 Å². The molecule has 0 amide bonds. The number of hydrogen-bond donors (Lipinski definition) is 1. The smallest absolute Gasteiger partial charge is 0.343 e. The molecule has 0 aliphatic rings. The fourth-order valence-electron chi connectivity index (χ4n) is 0.0823. The highest BCUT2D eigenvalue weighted by Gasteiger charge is 1.83. The summed E-state index contributed by atoms with van der Waals surface area (Å²) in [7, 11) is -1.22. The summed E-state index contributed by atoms with van der Waals surface area (Å²) in [6, 6.07) is 0. The van der Waals surface area contributed by atoms with Gasteiger partial charge in [0.2, 0.25) is 10.3 Å². The lowest BCUT2D eigenvalue weighted by atomic mass is 10.8. The third-order valence-corrected chi connectivity index (χ3v) is 0.879. The fraction of sp³-hybridized carbons (Fsp3) is 0.400. The number of aliphatic carboxylic acids is 1. The Labute approximate surface area is 70.3 Å². The van der Waals surface area contributed by atoms with Crippen LogP contribution < -0.4 is 0 Å². The first-order chi connectivity index (χ1) is 5.40. The van der Waals surface area contributed by atoms with Crippen LogP contribution in [-0.4, -0.2) is 37.9 Å². The highest BCUT2D eigenvalue weighted by atomic mass is 32.2. The summed E-state index contributed by atoms with van der Waals surface area (Å²) in [6.07, 6.45) is 0. The number of carboxylic acids is 1. The van der Waals surface area contributed by atoms with E-state index in [0.717, 1.165) is 0 Å². The van der Waals surface area contributed by atoms with Crippen LogP contribution in [0.1, 0.15) is 6.92 Å². The molecule has 0 aliphatic carbocycles. The van der Waals surface area contributed by atoms with E-state index in [2.05, 4.69) is 4.74 Å². The third kappa shape index (κ3) is 23.4. The lowest BCUT2D eigenvalue weighted by molar-refractivity contribution is -0.138. The standard InChI is InChI=1S/C3H6O2.C2H2O4S/c1-3(4)5-2;3-2(4)1-7(5)6/h1-2H3;1H,(H,3,4). The van der Waals surface area contributed by atoms with Gasteiger partial charge in [0.05, 0.1) is 7.11 Å². The van der Waals surface area contributed by atoms with E-state index in [1.54, 1.807) is 0 Å². The number of esters is 1. The zero-order chi connectivity index (χ0) is 10.1. The van der Waals surface area contributed by atoms with E-state index in [9.17, 15) is 18.0 Å². The number of hydrogen-bond acceptors (Lipinski definition) is 5. The molecule has 0 rings (SSSR count). The number of rotatable bonds is 1. The summed E-state index contributed by atoms with van der Waals surface area (Å²) in [6.45, 7) is 1.36. The van der Waals surface area contributed by atoms with Gasteiger partial charge in [-0.05, 0) is 0 Å². The van der Waals surface area contributed by atoms with Gasteiger partial charge in [-0.15, -0.1) is 0 Å². The highest BCUT2D eigenvalue weighted by molar-refractivity contribution is 7.73. The van der Waals surface area contributed by atoms with Crippen molar-refractivity contribution in [2.75, 3.05) is 7.11 Å². The molecule has 7 heteroatoms. The van der Waals surface area contributed by atoms with Crippen LogP contribution >= 0.6 is 0 Å². The highest BCUT2D eigenvalue weighted by Crippen LogP contribution is 1.60. The van der Waals surface area contributed by atoms with Crippen molar-refractivity contribution in [3.8, 4) is 0 Å². The van der Waals surface area contributed by atoms with Crippen molar-refractivity contribution in [2.24, 2.45) is 0 Å². The molecule has 0 heterocycles. The second kappa shape index (κ2) is 7.73. The Kier molecular flexibility index (Phi) is 8.53. The van der Waals surface area contributed by atoms with Crippen molar-refractivity contribution < 1.29 is 27.9 Å². The quantitative estimate of drug-likeness (QED) is 0.423. The molecule has 0 radical (unpaired) electrons. The Morgan fingerprint density at radius 3 is 1.75 bits per heavy atom. The second-order valence-electron chi connectivity index (χ2n) is 1.41. The lowest BCUT2D eigenvalue weighted by Crippen LogP contribution is -1.94. The molecule has 0 aromatic rings. The molecule has 6 nitrogen and oxygen atoms in total. The van der Waals surface area contributed by atoms with Gasteiger partial charge < -0.3 is 9.84 Å². The molecule has 0 saturated carbocycles. The van der Waals surface area contributed by atoms with Gasteiger partial charge in [0.1, 0.15) is 5.37 Å². The molecule has 0 aliphatic heterocycles. The van der Waals surface area contributed by atoms with Gasteiger partial charge in [0.15, 0.2) is 0 Å². The summed E-state index contributed by atoms with van der Waals surface area (Å²) >= 11 is 0. The Hall–Kier alpha value is -1.37. The summed E-state index contributed by atoms with van der Waals surface area (Å²) < 4.78 is 22.9. The van der Waals surface area contributed by atoms with E-state index in [1.807, 2.05) is 0 Å². The van der Waals surface area contributed by atoms with Gasteiger partial charge in [-0.25, -0.2) is 4.79 Å². The topological polar surface area (TPSA) is 97.7 Å². The lowest BCUT2D eigenvalue weighted by Gasteiger charge is -1.80. The van der Waals surface area contributed by atoms with Crippen LogP contribution in [0, 0.1) is 0 Å². The predicted molar refractivity (Wildman–Crippen MR) is 40.3 cm³/mol. The molecule has 0 aromatic heterocycles. The first kappa shape index (κ1) is 13.2. The summed E-state index contributed by atoms with van der Waals surface area (Å²) in [4.78, 5) is 19.0. The molecular weight excluding hydrogens is 188 g/mol. The number of carbonyl (C=O) groups is 2. The molecule has 1 N–H and O–H groups in total. The Morgan fingerprint density at radius 2 is 1.75 bits per heavy atom. The Bertz CT molecular complexity index is 266. The van der Waals surface area contributed by atoms with Crippen LogP contribution in [-0.2, 0) is 24.6 Å². The molecule has 12 heavy (non-hydrogen) atoms. The van der Waals surface area contributed by atoms with E-state index >= 15 is 0 Å². The van der Waals surface area contributed by atoms with Crippen LogP contribution in [0.5, 0.6) is 0 Å². The van der Waals surface area contributed by atoms with Crippen molar-refractivity contribution in [3.63, 3.8) is 0 Å². The van der Waals surface area contributed by atoms with Crippen LogP contribution in [0.25, 0.3) is 0 Å². The van der Waals surface area contributed by atoms with Crippen LogP contribution in [0.4, 0.5) is 0 Å². The summed E-state index contributed by atoms with van der Waals surface area (Å²) in [5.74, 6) is -1.70. The average Bonchev–Trinajstić information content (AvgIpc) is 1.85. The SMILES string of the molecule is COC(C)=O.O=C(O)C=S(=O)=O. The molecule has 0 unspecified atom stereocenters. The maximum Gasteiger partial charge on any atom is 0.343 e. The predicted octanol–water partition coefficient (Wildman–Crippen LogP) is -1.07. The zero-order valence-electron chi connectivity index (χ0n) is 6.47. The summed E-state index contributed by atoms with van der Waals surface area (Å²) in [5.41, 5.74) is 0. The zero-order valence-corrected chi connectivity index (χ0v) is 7.29. The average molecular weight is 196 g/mol. The Morgan fingerprint density at radius 1 is 1.42 bits per heavy atom. The van der Waals surface area contributed by atoms with Crippen molar-refractivity contribution in [2.45, 2.75) is 6.92 Å². The maximum atomic E-state index is 9.59. The molecule has 70 valence electrons.